The number of hydrogen-bond donors (Lipinski definition) is 2. The number of carbonyl (C=O) groups excluding carboxylic acids is 1. The summed E-state index contributed by atoms with van der Waals surface area (Å²) in [5.74, 6) is 1.33. The lowest BCUT2D eigenvalue weighted by atomic mass is 9.81. The summed E-state index contributed by atoms with van der Waals surface area (Å²) in [7, 11) is 0. The SMILES string of the molecule is CC1CCCC(CC(=O)NCC(C)(O)c2ccsc2)C1. The molecule has 1 saturated carbocycles. The van der Waals surface area contributed by atoms with Crippen LogP contribution in [0.5, 0.6) is 0 Å². The van der Waals surface area contributed by atoms with Crippen LogP contribution in [0.25, 0.3) is 0 Å². The molecule has 3 nitrogen and oxygen atoms in total. The van der Waals surface area contributed by atoms with E-state index in [0.29, 0.717) is 12.3 Å². The van der Waals surface area contributed by atoms with E-state index in [9.17, 15) is 9.90 Å². The highest BCUT2D eigenvalue weighted by Crippen LogP contribution is 2.30. The van der Waals surface area contributed by atoms with Crippen molar-refractivity contribution < 1.29 is 9.90 Å². The molecule has 0 aliphatic heterocycles. The monoisotopic (exact) mass is 295 g/mol. The van der Waals surface area contributed by atoms with Crippen molar-refractivity contribution in [3.63, 3.8) is 0 Å². The molecule has 1 amide bonds. The summed E-state index contributed by atoms with van der Waals surface area (Å²) in [5.41, 5.74) is -0.107. The summed E-state index contributed by atoms with van der Waals surface area (Å²) >= 11 is 1.56. The van der Waals surface area contributed by atoms with E-state index >= 15 is 0 Å². The second-order valence-corrected chi connectivity index (χ2v) is 7.18. The highest BCUT2D eigenvalue weighted by Gasteiger charge is 2.26. The zero-order valence-corrected chi connectivity index (χ0v) is 13.2. The third kappa shape index (κ3) is 4.32. The second-order valence-electron chi connectivity index (χ2n) is 6.40. The first-order valence-electron chi connectivity index (χ1n) is 7.49. The zero-order valence-electron chi connectivity index (χ0n) is 12.4. The Morgan fingerprint density at radius 1 is 1.55 bits per heavy atom. The van der Waals surface area contributed by atoms with E-state index in [2.05, 4.69) is 12.2 Å². The molecule has 2 rings (SSSR count). The van der Waals surface area contributed by atoms with Gasteiger partial charge in [-0.3, -0.25) is 4.79 Å². The smallest absolute Gasteiger partial charge is 0.220 e. The minimum atomic E-state index is -0.977. The zero-order chi connectivity index (χ0) is 14.6. The van der Waals surface area contributed by atoms with Crippen LogP contribution in [0, 0.1) is 11.8 Å². The maximum atomic E-state index is 12.0. The average Bonchev–Trinajstić information content (AvgIpc) is 2.91. The van der Waals surface area contributed by atoms with Gasteiger partial charge >= 0.3 is 0 Å². The van der Waals surface area contributed by atoms with Crippen molar-refractivity contribution in [1.29, 1.82) is 0 Å². The lowest BCUT2D eigenvalue weighted by Gasteiger charge is -2.27. The highest BCUT2D eigenvalue weighted by atomic mass is 32.1. The summed E-state index contributed by atoms with van der Waals surface area (Å²) < 4.78 is 0. The quantitative estimate of drug-likeness (QED) is 0.875. The topological polar surface area (TPSA) is 49.3 Å². The van der Waals surface area contributed by atoms with Gasteiger partial charge in [0.1, 0.15) is 5.60 Å². The summed E-state index contributed by atoms with van der Waals surface area (Å²) in [6.45, 7) is 4.30. The van der Waals surface area contributed by atoms with Crippen molar-refractivity contribution >= 4 is 17.2 Å². The van der Waals surface area contributed by atoms with E-state index in [0.717, 1.165) is 17.9 Å². The van der Waals surface area contributed by atoms with E-state index in [4.69, 9.17) is 0 Å². The number of carbonyl (C=O) groups is 1. The van der Waals surface area contributed by atoms with Crippen LogP contribution < -0.4 is 5.32 Å². The van der Waals surface area contributed by atoms with Crippen molar-refractivity contribution in [2.75, 3.05) is 6.54 Å². The largest absolute Gasteiger partial charge is 0.384 e. The number of hydrogen-bond acceptors (Lipinski definition) is 3. The van der Waals surface area contributed by atoms with Gasteiger partial charge in [-0.15, -0.1) is 0 Å². The molecule has 1 aromatic rings. The van der Waals surface area contributed by atoms with Crippen LogP contribution >= 0.6 is 11.3 Å². The molecule has 20 heavy (non-hydrogen) atoms. The molecule has 1 aromatic heterocycles. The predicted octanol–water partition coefficient (Wildman–Crippen LogP) is 3.29. The molecule has 1 fully saturated rings. The van der Waals surface area contributed by atoms with Crippen LogP contribution in [0.15, 0.2) is 16.8 Å². The fraction of sp³-hybridized carbons (Fsp3) is 0.688. The maximum Gasteiger partial charge on any atom is 0.220 e. The molecule has 0 spiro atoms. The van der Waals surface area contributed by atoms with Gasteiger partial charge in [-0.1, -0.05) is 19.8 Å². The number of amides is 1. The molecule has 0 bridgehead atoms. The van der Waals surface area contributed by atoms with Crippen LogP contribution in [0.1, 0.15) is 51.5 Å². The summed E-state index contributed by atoms with van der Waals surface area (Å²) in [6.07, 6.45) is 5.47. The molecule has 3 atom stereocenters. The molecule has 4 heteroatoms. The van der Waals surface area contributed by atoms with E-state index < -0.39 is 5.60 Å². The Hall–Kier alpha value is -0.870. The minimum absolute atomic E-state index is 0.0691. The van der Waals surface area contributed by atoms with Crippen molar-refractivity contribution in [1.82, 2.24) is 5.32 Å². The van der Waals surface area contributed by atoms with E-state index in [1.807, 2.05) is 16.8 Å². The molecular formula is C16H25NO2S. The number of aliphatic hydroxyl groups is 1. The standard InChI is InChI=1S/C16H25NO2S/c1-12-4-3-5-13(8-12)9-15(18)17-11-16(2,19)14-6-7-20-10-14/h6-7,10,12-13,19H,3-5,8-9,11H2,1-2H3,(H,17,18). The maximum absolute atomic E-state index is 12.0. The van der Waals surface area contributed by atoms with E-state index in [-0.39, 0.29) is 12.5 Å². The third-order valence-electron chi connectivity index (χ3n) is 4.29. The number of thiophene rings is 1. The van der Waals surface area contributed by atoms with Gasteiger partial charge in [0.05, 0.1) is 6.54 Å². The lowest BCUT2D eigenvalue weighted by Crippen LogP contribution is -2.39. The van der Waals surface area contributed by atoms with Gasteiger partial charge in [-0.25, -0.2) is 0 Å². The predicted molar refractivity (Wildman–Crippen MR) is 82.6 cm³/mol. The molecule has 0 aromatic carbocycles. The Bertz CT molecular complexity index is 428. The van der Waals surface area contributed by atoms with Gasteiger partial charge < -0.3 is 10.4 Å². The molecule has 3 unspecified atom stereocenters. The third-order valence-corrected chi connectivity index (χ3v) is 4.98. The summed E-state index contributed by atoms with van der Waals surface area (Å²) in [6, 6.07) is 1.90. The van der Waals surface area contributed by atoms with Crippen molar-refractivity contribution in [2.24, 2.45) is 11.8 Å². The van der Waals surface area contributed by atoms with Gasteiger partial charge in [-0.2, -0.15) is 11.3 Å². The molecular weight excluding hydrogens is 270 g/mol. The second kappa shape index (κ2) is 6.72. The van der Waals surface area contributed by atoms with Gasteiger partial charge in [0.15, 0.2) is 0 Å². The molecule has 112 valence electrons. The Kier molecular flexibility index (Phi) is 5.22. The van der Waals surface area contributed by atoms with Gasteiger partial charge in [-0.05, 0) is 54.0 Å². The van der Waals surface area contributed by atoms with E-state index in [1.54, 1.807) is 18.3 Å². The molecule has 0 radical (unpaired) electrons. The Labute approximate surface area is 125 Å². The fourth-order valence-corrected chi connectivity index (χ4v) is 3.81. The number of rotatable bonds is 5. The first-order chi connectivity index (χ1) is 9.47. The lowest BCUT2D eigenvalue weighted by molar-refractivity contribution is -0.123. The Morgan fingerprint density at radius 3 is 3.00 bits per heavy atom. The van der Waals surface area contributed by atoms with Crippen LogP contribution in [0.3, 0.4) is 0 Å². The minimum Gasteiger partial charge on any atom is -0.384 e. The molecule has 2 N–H and O–H groups in total. The normalized spacial score (nSPS) is 25.9. The van der Waals surface area contributed by atoms with Crippen molar-refractivity contribution in [3.8, 4) is 0 Å². The Morgan fingerprint density at radius 2 is 2.35 bits per heavy atom. The van der Waals surface area contributed by atoms with Gasteiger partial charge in [0.2, 0.25) is 5.91 Å². The molecule has 1 aliphatic carbocycles. The van der Waals surface area contributed by atoms with E-state index in [1.165, 1.54) is 19.3 Å². The van der Waals surface area contributed by atoms with Crippen molar-refractivity contribution in [3.05, 3.63) is 22.4 Å². The number of nitrogens with one attached hydrogen (secondary N) is 1. The van der Waals surface area contributed by atoms with Crippen LogP contribution in [0.4, 0.5) is 0 Å². The van der Waals surface area contributed by atoms with Gasteiger partial charge in [0, 0.05) is 6.42 Å². The van der Waals surface area contributed by atoms with Crippen LogP contribution in [0.2, 0.25) is 0 Å². The molecule has 1 heterocycles. The van der Waals surface area contributed by atoms with Crippen molar-refractivity contribution in [2.45, 2.75) is 51.6 Å². The summed E-state index contributed by atoms with van der Waals surface area (Å²) in [4.78, 5) is 12.0. The first-order valence-corrected chi connectivity index (χ1v) is 8.43. The van der Waals surface area contributed by atoms with Crippen LogP contribution in [-0.4, -0.2) is 17.6 Å². The highest BCUT2D eigenvalue weighted by molar-refractivity contribution is 7.08. The first kappa shape index (κ1) is 15.5. The summed E-state index contributed by atoms with van der Waals surface area (Å²) in [5, 5.41) is 17.1. The fourth-order valence-electron chi connectivity index (χ4n) is 3.02. The van der Waals surface area contributed by atoms with Gasteiger partial charge in [0.25, 0.3) is 0 Å². The average molecular weight is 295 g/mol. The van der Waals surface area contributed by atoms with Crippen LogP contribution in [-0.2, 0) is 10.4 Å². The molecule has 0 saturated heterocycles. The Balaban J connectivity index is 1.77. The molecule has 1 aliphatic rings.